The SMILES string of the molecule is C=O.CNc1cc(Cl)cnc1-n1cc(C(=O)N(C)C)c(C)n1.COC.Cc1ccc(C(C)(C)C)cc1. The molecule has 0 aliphatic carbocycles. The summed E-state index contributed by atoms with van der Waals surface area (Å²) >= 11 is 5.92. The molecular formula is C27H40ClN5O3. The van der Waals surface area contributed by atoms with Crippen LogP contribution in [0.4, 0.5) is 5.69 Å². The lowest BCUT2D eigenvalue weighted by molar-refractivity contribution is -0.0980. The van der Waals surface area contributed by atoms with Gasteiger partial charge in [-0.1, -0.05) is 62.2 Å². The van der Waals surface area contributed by atoms with Gasteiger partial charge in [0.15, 0.2) is 5.82 Å². The van der Waals surface area contributed by atoms with Crippen LogP contribution in [0, 0.1) is 13.8 Å². The quantitative estimate of drug-likeness (QED) is 0.504. The number of benzene rings is 1. The maximum atomic E-state index is 12.0. The van der Waals surface area contributed by atoms with Gasteiger partial charge in [-0.15, -0.1) is 0 Å². The van der Waals surface area contributed by atoms with Gasteiger partial charge in [0.25, 0.3) is 5.91 Å². The molecule has 0 atom stereocenters. The predicted molar refractivity (Wildman–Crippen MR) is 149 cm³/mol. The molecule has 0 radical (unpaired) electrons. The van der Waals surface area contributed by atoms with Gasteiger partial charge in [-0.05, 0) is 30.9 Å². The number of halogens is 1. The number of ether oxygens (including phenoxy) is 1. The molecule has 0 bridgehead atoms. The van der Waals surface area contributed by atoms with Gasteiger partial charge < -0.3 is 19.7 Å². The molecule has 2 aromatic heterocycles. The monoisotopic (exact) mass is 517 g/mol. The van der Waals surface area contributed by atoms with Crippen LogP contribution in [0.3, 0.4) is 0 Å². The van der Waals surface area contributed by atoms with E-state index in [0.717, 1.165) is 5.69 Å². The Morgan fingerprint density at radius 2 is 1.64 bits per heavy atom. The topological polar surface area (TPSA) is 89.4 Å². The van der Waals surface area contributed by atoms with Crippen molar-refractivity contribution in [3.05, 3.63) is 70.1 Å². The molecule has 1 amide bonds. The first kappa shape index (κ1) is 32.8. The van der Waals surface area contributed by atoms with Crippen LogP contribution in [0.2, 0.25) is 5.02 Å². The summed E-state index contributed by atoms with van der Waals surface area (Å²) in [5.74, 6) is 0.506. The van der Waals surface area contributed by atoms with E-state index in [9.17, 15) is 4.79 Å². The van der Waals surface area contributed by atoms with E-state index in [-0.39, 0.29) is 11.3 Å². The number of anilines is 1. The molecule has 198 valence electrons. The Labute approximate surface area is 220 Å². The van der Waals surface area contributed by atoms with E-state index in [4.69, 9.17) is 16.4 Å². The Balaban J connectivity index is 0.000000645. The number of pyridine rings is 1. The Bertz CT molecular complexity index is 1070. The average Bonchev–Trinajstić information content (AvgIpc) is 3.21. The van der Waals surface area contributed by atoms with Crippen molar-refractivity contribution in [3.8, 4) is 5.82 Å². The molecular weight excluding hydrogens is 478 g/mol. The second-order valence-corrected chi connectivity index (χ2v) is 9.51. The summed E-state index contributed by atoms with van der Waals surface area (Å²) in [5.41, 5.74) is 4.97. The fraction of sp³-hybridized carbons (Fsp3) is 0.407. The number of nitrogens with zero attached hydrogens (tertiary/aromatic N) is 4. The van der Waals surface area contributed by atoms with Crippen molar-refractivity contribution < 1.29 is 14.3 Å². The number of carbonyl (C=O) groups is 2. The van der Waals surface area contributed by atoms with Gasteiger partial charge in [0.1, 0.15) is 6.79 Å². The summed E-state index contributed by atoms with van der Waals surface area (Å²) < 4.78 is 5.83. The van der Waals surface area contributed by atoms with Crippen molar-refractivity contribution in [1.82, 2.24) is 19.7 Å². The maximum Gasteiger partial charge on any atom is 0.256 e. The molecule has 8 nitrogen and oxygen atoms in total. The van der Waals surface area contributed by atoms with Crippen LogP contribution in [-0.2, 0) is 14.9 Å². The van der Waals surface area contributed by atoms with Crippen molar-refractivity contribution in [2.24, 2.45) is 0 Å². The molecule has 0 saturated heterocycles. The van der Waals surface area contributed by atoms with Crippen molar-refractivity contribution >= 4 is 30.0 Å². The highest BCUT2D eigenvalue weighted by Gasteiger charge is 2.17. The first-order valence-electron chi connectivity index (χ1n) is 11.2. The zero-order valence-electron chi connectivity index (χ0n) is 23.1. The predicted octanol–water partition coefficient (Wildman–Crippen LogP) is 5.34. The highest BCUT2D eigenvalue weighted by Crippen LogP contribution is 2.23. The van der Waals surface area contributed by atoms with E-state index in [1.165, 1.54) is 16.0 Å². The molecule has 3 rings (SSSR count). The molecule has 1 N–H and O–H groups in total. The van der Waals surface area contributed by atoms with Crippen molar-refractivity contribution in [1.29, 1.82) is 0 Å². The zero-order valence-corrected chi connectivity index (χ0v) is 23.9. The number of hydrogen-bond donors (Lipinski definition) is 1. The summed E-state index contributed by atoms with van der Waals surface area (Å²) in [5, 5.41) is 7.89. The fourth-order valence-electron chi connectivity index (χ4n) is 2.87. The van der Waals surface area contributed by atoms with Gasteiger partial charge >= 0.3 is 0 Å². The Kier molecular flexibility index (Phi) is 14.3. The highest BCUT2D eigenvalue weighted by atomic mass is 35.5. The zero-order chi connectivity index (χ0) is 28.1. The van der Waals surface area contributed by atoms with Crippen LogP contribution in [0.25, 0.3) is 5.82 Å². The first-order chi connectivity index (χ1) is 16.8. The minimum absolute atomic E-state index is 0.0891. The van der Waals surface area contributed by atoms with E-state index in [1.807, 2.05) is 6.79 Å². The molecule has 3 aromatic rings. The first-order valence-corrected chi connectivity index (χ1v) is 11.6. The van der Waals surface area contributed by atoms with Gasteiger partial charge in [-0.25, -0.2) is 9.67 Å². The Morgan fingerprint density at radius 3 is 2.08 bits per heavy atom. The largest absolute Gasteiger partial charge is 0.388 e. The van der Waals surface area contributed by atoms with E-state index in [0.29, 0.717) is 22.1 Å². The lowest BCUT2D eigenvalue weighted by Crippen LogP contribution is -2.21. The fourth-order valence-corrected chi connectivity index (χ4v) is 3.03. The van der Waals surface area contributed by atoms with Crippen LogP contribution in [-0.4, -0.2) is 67.7 Å². The molecule has 36 heavy (non-hydrogen) atoms. The summed E-state index contributed by atoms with van der Waals surface area (Å²) in [4.78, 5) is 25.8. The number of amides is 1. The van der Waals surface area contributed by atoms with Gasteiger partial charge in [-0.3, -0.25) is 4.79 Å². The smallest absolute Gasteiger partial charge is 0.256 e. The molecule has 0 saturated carbocycles. The third kappa shape index (κ3) is 10.2. The van der Waals surface area contributed by atoms with Crippen molar-refractivity contribution in [2.45, 2.75) is 40.0 Å². The summed E-state index contributed by atoms with van der Waals surface area (Å²) in [7, 11) is 8.44. The number of nitrogens with one attached hydrogen (secondary N) is 1. The highest BCUT2D eigenvalue weighted by molar-refractivity contribution is 6.30. The average molecular weight is 518 g/mol. The summed E-state index contributed by atoms with van der Waals surface area (Å²) in [6.07, 6.45) is 3.22. The molecule has 1 aromatic carbocycles. The third-order valence-electron chi connectivity index (χ3n) is 4.77. The lowest BCUT2D eigenvalue weighted by atomic mass is 9.87. The molecule has 9 heteroatoms. The lowest BCUT2D eigenvalue weighted by Gasteiger charge is -2.18. The second-order valence-electron chi connectivity index (χ2n) is 9.07. The number of methoxy groups -OCH3 is 1. The Morgan fingerprint density at radius 1 is 1.11 bits per heavy atom. The minimum atomic E-state index is -0.0891. The molecule has 2 heterocycles. The second kappa shape index (κ2) is 15.7. The number of rotatable bonds is 3. The van der Waals surface area contributed by atoms with Crippen LogP contribution in [0.15, 0.2) is 42.7 Å². The van der Waals surface area contributed by atoms with Crippen LogP contribution < -0.4 is 5.32 Å². The normalized spacial score (nSPS) is 9.97. The van der Waals surface area contributed by atoms with Crippen LogP contribution in [0.5, 0.6) is 0 Å². The number of hydrogen-bond acceptors (Lipinski definition) is 6. The van der Waals surface area contributed by atoms with Crippen molar-refractivity contribution in [2.75, 3.05) is 40.7 Å². The van der Waals surface area contributed by atoms with Gasteiger partial charge in [-0.2, -0.15) is 5.10 Å². The summed E-state index contributed by atoms with van der Waals surface area (Å²) in [6.45, 7) is 12.6. The number of carbonyl (C=O) groups excluding carboxylic acids is 2. The molecule has 0 aliphatic rings. The van der Waals surface area contributed by atoms with Crippen LogP contribution >= 0.6 is 11.6 Å². The summed E-state index contributed by atoms with van der Waals surface area (Å²) in [6, 6.07) is 10.5. The molecule has 0 spiro atoms. The minimum Gasteiger partial charge on any atom is -0.388 e. The van der Waals surface area contributed by atoms with Crippen LogP contribution in [0.1, 0.15) is 48.0 Å². The van der Waals surface area contributed by atoms with Gasteiger partial charge in [0.05, 0.1) is 22.0 Å². The van der Waals surface area contributed by atoms with E-state index in [2.05, 4.69) is 72.1 Å². The molecule has 0 unspecified atom stereocenters. The van der Waals surface area contributed by atoms with Gasteiger partial charge in [0.2, 0.25) is 0 Å². The molecule has 0 aliphatic heterocycles. The molecule has 0 fully saturated rings. The maximum absolute atomic E-state index is 12.0. The van der Waals surface area contributed by atoms with E-state index in [1.54, 1.807) is 65.4 Å². The van der Waals surface area contributed by atoms with Gasteiger partial charge in [0, 0.05) is 47.8 Å². The number of aromatic nitrogens is 3. The van der Waals surface area contributed by atoms with E-state index >= 15 is 0 Å². The third-order valence-corrected chi connectivity index (χ3v) is 4.98. The standard InChI is InChI=1S/C13H16ClN5O.C11H16.C2H6O.CH2O/c1-8-10(13(20)18(3)4)7-19(17-8)12-11(15-2)5-9(14)6-16-12;1-9-5-7-10(8-6-9)11(2,3)4;1-3-2;1-2/h5-7,15H,1-4H3;5-8H,1-4H3;1-2H3;1H2. The number of aryl methyl sites for hydroxylation is 2. The van der Waals surface area contributed by atoms with Crippen molar-refractivity contribution in [3.63, 3.8) is 0 Å². The van der Waals surface area contributed by atoms with E-state index < -0.39 is 0 Å². The Hall–Kier alpha value is -3.23.